The van der Waals surface area contributed by atoms with Crippen LogP contribution in [0, 0.1) is 0 Å². The molecule has 138 valence electrons. The summed E-state index contributed by atoms with van der Waals surface area (Å²) in [6, 6.07) is 15.6. The standard InChI is InChI=1S/C21H21N3O2S/c25-20(23-17-12-13-27-18-9-4-2-6-14(17)18)11-5-10-19-22-16-8-3-1-7-15(16)21(26)24-19/h1-4,6-9,17H,5,10-13H2,(H,23,25)(H,22,24,26)/t17-/m0/s1. The fraction of sp³-hybridized carbons (Fsp3) is 0.286. The van der Waals surface area contributed by atoms with E-state index in [0.29, 0.717) is 36.0 Å². The largest absolute Gasteiger partial charge is 0.349 e. The number of rotatable bonds is 5. The number of fused-ring (bicyclic) bond motifs is 2. The lowest BCUT2D eigenvalue weighted by molar-refractivity contribution is -0.122. The molecule has 4 rings (SSSR count). The van der Waals surface area contributed by atoms with Gasteiger partial charge in [0.05, 0.1) is 16.9 Å². The molecule has 3 aromatic rings. The van der Waals surface area contributed by atoms with E-state index in [0.717, 1.165) is 12.2 Å². The zero-order valence-corrected chi connectivity index (χ0v) is 15.7. The van der Waals surface area contributed by atoms with Gasteiger partial charge in [-0.3, -0.25) is 9.59 Å². The summed E-state index contributed by atoms with van der Waals surface area (Å²) in [7, 11) is 0. The van der Waals surface area contributed by atoms with Gasteiger partial charge in [-0.1, -0.05) is 30.3 Å². The number of nitrogens with one attached hydrogen (secondary N) is 2. The van der Waals surface area contributed by atoms with E-state index in [4.69, 9.17) is 0 Å². The Morgan fingerprint density at radius 1 is 1.19 bits per heavy atom. The number of nitrogens with zero attached hydrogens (tertiary/aromatic N) is 1. The zero-order chi connectivity index (χ0) is 18.6. The summed E-state index contributed by atoms with van der Waals surface area (Å²) < 4.78 is 0. The predicted octanol–water partition coefficient (Wildman–Crippen LogP) is 3.60. The van der Waals surface area contributed by atoms with Crippen LogP contribution in [0.25, 0.3) is 10.9 Å². The minimum atomic E-state index is -0.128. The first kappa shape index (κ1) is 17.8. The molecule has 0 aliphatic carbocycles. The average Bonchev–Trinajstić information content (AvgIpc) is 2.68. The van der Waals surface area contributed by atoms with Gasteiger partial charge in [0.25, 0.3) is 5.56 Å². The topological polar surface area (TPSA) is 74.8 Å². The number of carbonyl (C=O) groups is 1. The van der Waals surface area contributed by atoms with E-state index in [2.05, 4.69) is 27.4 Å². The highest BCUT2D eigenvalue weighted by molar-refractivity contribution is 7.99. The van der Waals surface area contributed by atoms with Crippen LogP contribution in [0.1, 0.15) is 36.7 Å². The maximum Gasteiger partial charge on any atom is 0.258 e. The molecule has 0 spiro atoms. The SMILES string of the molecule is O=C(CCCc1nc2ccccc2c(=O)[nH]1)N[C@H]1CCSc2ccccc21. The molecule has 0 fully saturated rings. The molecule has 2 aromatic carbocycles. The first-order valence-electron chi connectivity index (χ1n) is 9.20. The van der Waals surface area contributed by atoms with Crippen molar-refractivity contribution in [3.63, 3.8) is 0 Å². The Labute approximate surface area is 161 Å². The van der Waals surface area contributed by atoms with Crippen LogP contribution in [0.4, 0.5) is 0 Å². The van der Waals surface area contributed by atoms with Gasteiger partial charge in [0, 0.05) is 23.5 Å². The lowest BCUT2D eigenvalue weighted by Crippen LogP contribution is -2.30. The van der Waals surface area contributed by atoms with Crippen LogP contribution in [0.15, 0.2) is 58.2 Å². The van der Waals surface area contributed by atoms with Crippen molar-refractivity contribution in [2.45, 2.75) is 36.6 Å². The minimum absolute atomic E-state index is 0.0461. The van der Waals surface area contributed by atoms with E-state index >= 15 is 0 Å². The van der Waals surface area contributed by atoms with Crippen LogP contribution < -0.4 is 10.9 Å². The molecule has 0 saturated heterocycles. The second kappa shape index (κ2) is 7.96. The molecule has 27 heavy (non-hydrogen) atoms. The third kappa shape index (κ3) is 4.06. The molecule has 1 aliphatic heterocycles. The molecule has 0 unspecified atom stereocenters. The van der Waals surface area contributed by atoms with Gasteiger partial charge in [-0.05, 0) is 36.6 Å². The molecule has 1 atom stereocenters. The normalized spacial score (nSPS) is 16.1. The molecule has 0 bridgehead atoms. The van der Waals surface area contributed by atoms with E-state index in [-0.39, 0.29) is 17.5 Å². The van der Waals surface area contributed by atoms with Crippen molar-refractivity contribution >= 4 is 28.6 Å². The zero-order valence-electron chi connectivity index (χ0n) is 14.9. The lowest BCUT2D eigenvalue weighted by atomic mass is 10.0. The number of benzene rings is 2. The number of para-hydroxylation sites is 1. The van der Waals surface area contributed by atoms with Crippen LogP contribution in [-0.4, -0.2) is 21.6 Å². The Bertz CT molecular complexity index is 1030. The summed E-state index contributed by atoms with van der Waals surface area (Å²) >= 11 is 1.84. The van der Waals surface area contributed by atoms with Crippen molar-refractivity contribution in [2.75, 3.05) is 5.75 Å². The van der Waals surface area contributed by atoms with Crippen molar-refractivity contribution in [1.29, 1.82) is 0 Å². The average molecular weight is 379 g/mol. The summed E-state index contributed by atoms with van der Waals surface area (Å²) in [5.41, 5.74) is 1.77. The van der Waals surface area contributed by atoms with Crippen LogP contribution in [0.2, 0.25) is 0 Å². The number of H-pyrrole nitrogens is 1. The molecule has 6 heteroatoms. The number of carbonyl (C=O) groups excluding carboxylic acids is 1. The quantitative estimate of drug-likeness (QED) is 0.710. The van der Waals surface area contributed by atoms with E-state index in [1.807, 2.05) is 42.1 Å². The Hall–Kier alpha value is -2.60. The molecular weight excluding hydrogens is 358 g/mol. The number of hydrogen-bond acceptors (Lipinski definition) is 4. The summed E-state index contributed by atoms with van der Waals surface area (Å²) in [5, 5.41) is 3.75. The Morgan fingerprint density at radius 3 is 2.93 bits per heavy atom. The molecule has 0 radical (unpaired) electrons. The second-order valence-corrected chi connectivity index (χ2v) is 7.82. The third-order valence-electron chi connectivity index (χ3n) is 4.77. The van der Waals surface area contributed by atoms with Gasteiger partial charge in [0.15, 0.2) is 0 Å². The summed E-state index contributed by atoms with van der Waals surface area (Å²) in [6.07, 6.45) is 2.59. The van der Waals surface area contributed by atoms with Gasteiger partial charge in [-0.25, -0.2) is 4.98 Å². The van der Waals surface area contributed by atoms with Crippen LogP contribution in [-0.2, 0) is 11.2 Å². The number of aromatic amines is 1. The van der Waals surface area contributed by atoms with Gasteiger partial charge in [-0.2, -0.15) is 0 Å². The maximum absolute atomic E-state index is 12.4. The number of aryl methyl sites for hydroxylation is 1. The summed E-state index contributed by atoms with van der Waals surface area (Å²) in [5.74, 6) is 1.69. The van der Waals surface area contributed by atoms with Crippen molar-refractivity contribution in [2.24, 2.45) is 0 Å². The monoisotopic (exact) mass is 379 g/mol. The van der Waals surface area contributed by atoms with Crippen LogP contribution >= 0.6 is 11.8 Å². The van der Waals surface area contributed by atoms with Crippen molar-refractivity contribution in [1.82, 2.24) is 15.3 Å². The second-order valence-electron chi connectivity index (χ2n) is 6.68. The molecule has 1 aliphatic rings. The van der Waals surface area contributed by atoms with Crippen LogP contribution in [0.3, 0.4) is 0 Å². The predicted molar refractivity (Wildman–Crippen MR) is 108 cm³/mol. The Morgan fingerprint density at radius 2 is 2.00 bits per heavy atom. The van der Waals surface area contributed by atoms with Crippen molar-refractivity contribution in [3.8, 4) is 0 Å². The number of aromatic nitrogens is 2. The lowest BCUT2D eigenvalue weighted by Gasteiger charge is -2.25. The molecule has 0 saturated carbocycles. The number of hydrogen-bond donors (Lipinski definition) is 2. The fourth-order valence-electron chi connectivity index (χ4n) is 3.43. The van der Waals surface area contributed by atoms with Gasteiger partial charge < -0.3 is 10.3 Å². The van der Waals surface area contributed by atoms with Gasteiger partial charge >= 0.3 is 0 Å². The van der Waals surface area contributed by atoms with Crippen molar-refractivity contribution < 1.29 is 4.79 Å². The van der Waals surface area contributed by atoms with Crippen LogP contribution in [0.5, 0.6) is 0 Å². The van der Waals surface area contributed by atoms with E-state index < -0.39 is 0 Å². The van der Waals surface area contributed by atoms with Gasteiger partial charge in [0.2, 0.25) is 5.91 Å². The van der Waals surface area contributed by atoms with E-state index in [1.54, 1.807) is 6.07 Å². The van der Waals surface area contributed by atoms with Crippen molar-refractivity contribution in [3.05, 3.63) is 70.3 Å². The number of thioether (sulfide) groups is 1. The third-order valence-corrected chi connectivity index (χ3v) is 5.90. The molecule has 5 nitrogen and oxygen atoms in total. The molecule has 2 heterocycles. The molecule has 2 N–H and O–H groups in total. The highest BCUT2D eigenvalue weighted by atomic mass is 32.2. The fourth-order valence-corrected chi connectivity index (χ4v) is 4.55. The highest BCUT2D eigenvalue weighted by Gasteiger charge is 2.21. The smallest absolute Gasteiger partial charge is 0.258 e. The Kier molecular flexibility index (Phi) is 5.25. The maximum atomic E-state index is 12.4. The van der Waals surface area contributed by atoms with Gasteiger partial charge in [0.1, 0.15) is 5.82 Å². The Balaban J connectivity index is 1.35. The molecule has 1 amide bonds. The first-order chi connectivity index (χ1) is 13.2. The van der Waals surface area contributed by atoms with E-state index in [1.165, 1.54) is 10.5 Å². The number of amides is 1. The van der Waals surface area contributed by atoms with E-state index in [9.17, 15) is 9.59 Å². The summed E-state index contributed by atoms with van der Waals surface area (Å²) in [4.78, 5) is 33.0. The first-order valence-corrected chi connectivity index (χ1v) is 10.2. The highest BCUT2D eigenvalue weighted by Crippen LogP contribution is 2.35. The van der Waals surface area contributed by atoms with Gasteiger partial charge in [-0.15, -0.1) is 11.8 Å². The minimum Gasteiger partial charge on any atom is -0.349 e. The summed E-state index contributed by atoms with van der Waals surface area (Å²) in [6.45, 7) is 0. The molecular formula is C21H21N3O2S. The molecule has 1 aromatic heterocycles.